The molecule has 0 fully saturated rings. The lowest BCUT2D eigenvalue weighted by molar-refractivity contribution is -0.113. The second-order valence-electron chi connectivity index (χ2n) is 6.26. The molecule has 7 nitrogen and oxygen atoms in total. The summed E-state index contributed by atoms with van der Waals surface area (Å²) >= 11 is 2.61. The Kier molecular flexibility index (Phi) is 5.96. The molecule has 0 aliphatic rings. The molecule has 2 aromatic heterocycles. The number of aromatic nitrogens is 4. The molecule has 154 valence electrons. The van der Waals surface area contributed by atoms with Gasteiger partial charge in [0.1, 0.15) is 11.6 Å². The zero-order chi connectivity index (χ0) is 21.1. The van der Waals surface area contributed by atoms with Gasteiger partial charge < -0.3 is 14.6 Å². The summed E-state index contributed by atoms with van der Waals surface area (Å²) in [5.74, 6) is 0.732. The molecule has 0 atom stereocenters. The molecule has 0 spiro atoms. The van der Waals surface area contributed by atoms with Gasteiger partial charge in [-0.3, -0.25) is 4.79 Å². The van der Waals surface area contributed by atoms with Crippen molar-refractivity contribution >= 4 is 44.4 Å². The second kappa shape index (κ2) is 8.80. The molecule has 2 aromatic carbocycles. The van der Waals surface area contributed by atoms with Gasteiger partial charge in [0.15, 0.2) is 16.1 Å². The number of hydrogen-bond acceptors (Lipinski definition) is 7. The zero-order valence-corrected chi connectivity index (χ0v) is 17.9. The van der Waals surface area contributed by atoms with Crippen molar-refractivity contribution in [2.75, 3.05) is 17.7 Å². The minimum Gasteiger partial charge on any atom is -0.494 e. The topological polar surface area (TPSA) is 81.9 Å². The summed E-state index contributed by atoms with van der Waals surface area (Å²) in [4.78, 5) is 16.8. The molecule has 0 aliphatic carbocycles. The van der Waals surface area contributed by atoms with Crippen molar-refractivity contribution in [2.45, 2.75) is 12.1 Å². The van der Waals surface area contributed by atoms with Gasteiger partial charge in [0, 0.05) is 7.05 Å². The second-order valence-corrected chi connectivity index (χ2v) is 8.24. The maximum absolute atomic E-state index is 14.0. The lowest BCUT2D eigenvalue weighted by Gasteiger charge is -2.04. The van der Waals surface area contributed by atoms with E-state index in [1.807, 2.05) is 25.1 Å². The smallest absolute Gasteiger partial charge is 0.236 e. The predicted octanol–water partition coefficient (Wildman–Crippen LogP) is 4.36. The zero-order valence-electron chi connectivity index (χ0n) is 16.3. The molecule has 30 heavy (non-hydrogen) atoms. The number of nitrogens with one attached hydrogen (secondary N) is 1. The van der Waals surface area contributed by atoms with Gasteiger partial charge in [-0.1, -0.05) is 35.2 Å². The van der Waals surface area contributed by atoms with Crippen LogP contribution in [0.2, 0.25) is 0 Å². The van der Waals surface area contributed by atoms with E-state index in [0.29, 0.717) is 28.3 Å². The Labute approximate surface area is 180 Å². The van der Waals surface area contributed by atoms with Crippen LogP contribution in [0.4, 0.5) is 9.52 Å². The monoisotopic (exact) mass is 443 g/mol. The molecule has 1 N–H and O–H groups in total. The first-order valence-electron chi connectivity index (χ1n) is 9.15. The molecule has 0 bridgehead atoms. The van der Waals surface area contributed by atoms with Crippen molar-refractivity contribution in [3.05, 3.63) is 48.3 Å². The number of halogens is 1. The average Bonchev–Trinajstić information content (AvgIpc) is 3.29. The van der Waals surface area contributed by atoms with E-state index in [9.17, 15) is 9.18 Å². The van der Waals surface area contributed by atoms with Crippen LogP contribution in [-0.2, 0) is 11.8 Å². The summed E-state index contributed by atoms with van der Waals surface area (Å²) in [6, 6.07) is 12.0. The first kappa shape index (κ1) is 20.3. The van der Waals surface area contributed by atoms with E-state index < -0.39 is 0 Å². The summed E-state index contributed by atoms with van der Waals surface area (Å²) in [5, 5.41) is 12.0. The molecule has 4 rings (SSSR count). The van der Waals surface area contributed by atoms with Crippen LogP contribution in [0.25, 0.3) is 21.6 Å². The van der Waals surface area contributed by atoms with Crippen LogP contribution in [-0.4, -0.2) is 38.0 Å². The highest BCUT2D eigenvalue weighted by Gasteiger charge is 2.16. The average molecular weight is 444 g/mol. The first-order chi connectivity index (χ1) is 14.5. The number of ether oxygens (including phenoxy) is 1. The van der Waals surface area contributed by atoms with E-state index in [-0.39, 0.29) is 17.5 Å². The predicted molar refractivity (Wildman–Crippen MR) is 117 cm³/mol. The Balaban J connectivity index is 1.41. The maximum atomic E-state index is 14.0. The fraction of sp³-hybridized carbons (Fsp3) is 0.200. The van der Waals surface area contributed by atoms with Crippen molar-refractivity contribution in [3.8, 4) is 17.1 Å². The van der Waals surface area contributed by atoms with Crippen LogP contribution in [0.5, 0.6) is 5.75 Å². The van der Waals surface area contributed by atoms with Crippen LogP contribution in [0.1, 0.15) is 6.92 Å². The Morgan fingerprint density at radius 3 is 2.90 bits per heavy atom. The molecule has 0 saturated carbocycles. The normalized spacial score (nSPS) is 11.0. The van der Waals surface area contributed by atoms with Crippen LogP contribution < -0.4 is 10.1 Å². The van der Waals surface area contributed by atoms with Crippen LogP contribution in [0, 0.1) is 5.82 Å². The van der Waals surface area contributed by atoms with Crippen LogP contribution >= 0.6 is 23.1 Å². The molecule has 4 aromatic rings. The minimum atomic E-state index is -0.370. The van der Waals surface area contributed by atoms with Gasteiger partial charge in [-0.2, -0.15) is 0 Å². The van der Waals surface area contributed by atoms with Crippen molar-refractivity contribution in [2.24, 2.45) is 7.05 Å². The number of carbonyl (C=O) groups is 1. The molecular formula is C20H18FN5O2S2. The molecule has 0 unspecified atom stereocenters. The van der Waals surface area contributed by atoms with E-state index in [0.717, 1.165) is 16.0 Å². The number of carbonyl (C=O) groups excluding carboxylic acids is 1. The first-order valence-corrected chi connectivity index (χ1v) is 11.0. The Hall–Kier alpha value is -2.98. The van der Waals surface area contributed by atoms with Gasteiger partial charge in [0.25, 0.3) is 0 Å². The summed E-state index contributed by atoms with van der Waals surface area (Å²) in [6.45, 7) is 2.52. The molecule has 2 heterocycles. The molecule has 1 amide bonds. The third-order valence-corrected chi connectivity index (χ3v) is 6.15. The lowest BCUT2D eigenvalue weighted by atomic mass is 10.2. The van der Waals surface area contributed by atoms with Gasteiger partial charge in [-0.15, -0.1) is 10.2 Å². The van der Waals surface area contributed by atoms with Gasteiger partial charge in [-0.25, -0.2) is 9.37 Å². The molecule has 0 radical (unpaired) electrons. The minimum absolute atomic E-state index is 0.128. The highest BCUT2D eigenvalue weighted by atomic mass is 32.2. The quantitative estimate of drug-likeness (QED) is 0.428. The summed E-state index contributed by atoms with van der Waals surface area (Å²) in [5.41, 5.74) is 1.17. The van der Waals surface area contributed by atoms with Crippen LogP contribution in [0.15, 0.2) is 47.6 Å². The number of anilines is 1. The Bertz CT molecular complexity index is 1210. The summed E-state index contributed by atoms with van der Waals surface area (Å²) < 4.78 is 22.1. The molecule has 0 saturated heterocycles. The molecular weight excluding hydrogens is 425 g/mol. The number of amides is 1. The lowest BCUT2D eigenvalue weighted by Crippen LogP contribution is -2.14. The van der Waals surface area contributed by atoms with E-state index in [2.05, 4.69) is 20.5 Å². The standard InChI is InChI=1S/C20H18FN5O2S2/c1-3-28-12-8-9-15-16(10-12)30-19(22-15)23-17(27)11-29-20-25-24-18(26(20)2)13-6-4-5-7-14(13)21/h4-10H,3,11H2,1-2H3,(H,22,23,27). The number of rotatable bonds is 7. The largest absolute Gasteiger partial charge is 0.494 e. The van der Waals surface area contributed by atoms with Crippen molar-refractivity contribution < 1.29 is 13.9 Å². The maximum Gasteiger partial charge on any atom is 0.236 e. The number of thiazole rings is 1. The number of benzene rings is 2. The summed E-state index contributed by atoms with van der Waals surface area (Å²) in [7, 11) is 1.74. The van der Waals surface area contributed by atoms with Crippen molar-refractivity contribution in [1.82, 2.24) is 19.7 Å². The Morgan fingerprint density at radius 1 is 1.27 bits per heavy atom. The Morgan fingerprint density at radius 2 is 2.10 bits per heavy atom. The fourth-order valence-electron chi connectivity index (χ4n) is 2.82. The number of nitrogens with zero attached hydrogens (tertiary/aromatic N) is 4. The summed E-state index contributed by atoms with van der Waals surface area (Å²) in [6.07, 6.45) is 0. The molecule has 10 heteroatoms. The highest BCUT2D eigenvalue weighted by Crippen LogP contribution is 2.30. The van der Waals surface area contributed by atoms with Crippen molar-refractivity contribution in [3.63, 3.8) is 0 Å². The van der Waals surface area contributed by atoms with E-state index >= 15 is 0 Å². The number of fused-ring (bicyclic) bond motifs is 1. The van der Waals surface area contributed by atoms with Crippen LogP contribution in [0.3, 0.4) is 0 Å². The van der Waals surface area contributed by atoms with E-state index in [4.69, 9.17) is 4.74 Å². The third kappa shape index (κ3) is 4.29. The molecule has 0 aliphatic heterocycles. The third-order valence-electron chi connectivity index (χ3n) is 4.20. The fourth-order valence-corrected chi connectivity index (χ4v) is 4.44. The number of hydrogen-bond donors (Lipinski definition) is 1. The van der Waals surface area contributed by atoms with Gasteiger partial charge in [-0.05, 0) is 37.3 Å². The van der Waals surface area contributed by atoms with E-state index in [1.54, 1.807) is 29.8 Å². The number of thioether (sulfide) groups is 1. The SMILES string of the molecule is CCOc1ccc2nc(NC(=O)CSc3nnc(-c4ccccc4F)n3C)sc2c1. The van der Waals surface area contributed by atoms with Gasteiger partial charge >= 0.3 is 0 Å². The van der Waals surface area contributed by atoms with Crippen molar-refractivity contribution in [1.29, 1.82) is 0 Å². The van der Waals surface area contributed by atoms with Gasteiger partial charge in [0.2, 0.25) is 5.91 Å². The van der Waals surface area contributed by atoms with E-state index in [1.165, 1.54) is 29.2 Å². The van der Waals surface area contributed by atoms with Gasteiger partial charge in [0.05, 0.1) is 28.1 Å². The highest BCUT2D eigenvalue weighted by molar-refractivity contribution is 7.99.